The van der Waals surface area contributed by atoms with Gasteiger partial charge in [0.05, 0.1) is 18.6 Å². The van der Waals surface area contributed by atoms with Crippen LogP contribution in [0.4, 0.5) is 0 Å². The van der Waals surface area contributed by atoms with Gasteiger partial charge in [0.2, 0.25) is 0 Å². The van der Waals surface area contributed by atoms with Gasteiger partial charge >= 0.3 is 0 Å². The van der Waals surface area contributed by atoms with Crippen molar-refractivity contribution in [3.63, 3.8) is 0 Å². The number of ether oxygens (including phenoxy) is 1. The Morgan fingerprint density at radius 1 is 1.28 bits per heavy atom. The van der Waals surface area contributed by atoms with E-state index >= 15 is 0 Å². The Morgan fingerprint density at radius 3 is 2.89 bits per heavy atom. The largest absolute Gasteiger partial charge is 0.383 e. The molecule has 0 amide bonds. The molecule has 4 nitrogen and oxygen atoms in total. The van der Waals surface area contributed by atoms with Crippen LogP contribution in [0.5, 0.6) is 0 Å². The molecule has 0 unspecified atom stereocenters. The lowest BCUT2D eigenvalue weighted by atomic mass is 10.2. The second-order valence-electron chi connectivity index (χ2n) is 4.19. The lowest BCUT2D eigenvalue weighted by Gasteiger charge is -2.02. The van der Waals surface area contributed by atoms with Crippen LogP contribution in [0.3, 0.4) is 0 Å². The first-order valence-corrected chi connectivity index (χ1v) is 6.12. The molecule has 0 spiro atoms. The van der Waals surface area contributed by atoms with Gasteiger partial charge in [0.25, 0.3) is 0 Å². The maximum absolute atomic E-state index is 4.98. The molecular formula is C14H19N3O. The molecule has 0 aliphatic rings. The summed E-state index contributed by atoms with van der Waals surface area (Å²) in [6, 6.07) is 10.4. The second kappa shape index (κ2) is 6.93. The van der Waals surface area contributed by atoms with Gasteiger partial charge in [-0.05, 0) is 5.56 Å². The molecule has 2 rings (SSSR count). The van der Waals surface area contributed by atoms with Crippen molar-refractivity contribution in [1.82, 2.24) is 14.9 Å². The molecular weight excluding hydrogens is 226 g/mol. The number of imidazole rings is 1. The maximum Gasteiger partial charge on any atom is 0.0953 e. The molecule has 0 aliphatic carbocycles. The second-order valence-corrected chi connectivity index (χ2v) is 4.19. The van der Waals surface area contributed by atoms with Crippen LogP contribution in [0.2, 0.25) is 0 Å². The Hall–Kier alpha value is -1.65. The monoisotopic (exact) mass is 245 g/mol. The first kappa shape index (κ1) is 12.8. The summed E-state index contributed by atoms with van der Waals surface area (Å²) in [5.41, 5.74) is 2.34. The van der Waals surface area contributed by atoms with Crippen molar-refractivity contribution in [2.75, 3.05) is 20.3 Å². The third-order valence-electron chi connectivity index (χ3n) is 2.68. The minimum atomic E-state index is 0.727. The van der Waals surface area contributed by atoms with Crippen molar-refractivity contribution >= 4 is 0 Å². The zero-order chi connectivity index (χ0) is 12.6. The van der Waals surface area contributed by atoms with E-state index in [1.807, 2.05) is 12.4 Å². The zero-order valence-electron chi connectivity index (χ0n) is 10.7. The van der Waals surface area contributed by atoms with E-state index < -0.39 is 0 Å². The highest BCUT2D eigenvalue weighted by molar-refractivity contribution is 5.15. The summed E-state index contributed by atoms with van der Waals surface area (Å²) in [6.07, 6.45) is 3.95. The summed E-state index contributed by atoms with van der Waals surface area (Å²) in [7, 11) is 1.70. The van der Waals surface area contributed by atoms with Crippen molar-refractivity contribution in [3.05, 3.63) is 54.1 Å². The van der Waals surface area contributed by atoms with Crippen molar-refractivity contribution in [2.24, 2.45) is 0 Å². The smallest absolute Gasteiger partial charge is 0.0953 e. The molecule has 18 heavy (non-hydrogen) atoms. The molecule has 0 fully saturated rings. The molecule has 96 valence electrons. The lowest BCUT2D eigenvalue weighted by molar-refractivity contribution is 0.199. The fourth-order valence-corrected chi connectivity index (χ4v) is 1.77. The van der Waals surface area contributed by atoms with E-state index in [-0.39, 0.29) is 0 Å². The predicted molar refractivity (Wildman–Crippen MR) is 71.4 cm³/mol. The van der Waals surface area contributed by atoms with E-state index in [4.69, 9.17) is 4.74 Å². The Balaban J connectivity index is 1.83. The zero-order valence-corrected chi connectivity index (χ0v) is 10.7. The van der Waals surface area contributed by atoms with Crippen LogP contribution in [0.1, 0.15) is 11.3 Å². The SMILES string of the molecule is COCCNCc1cn(Cc2ccccc2)cn1. The molecule has 4 heteroatoms. The Labute approximate surface area is 108 Å². The van der Waals surface area contributed by atoms with Crippen molar-refractivity contribution in [1.29, 1.82) is 0 Å². The Bertz CT molecular complexity index is 453. The highest BCUT2D eigenvalue weighted by Gasteiger charge is 1.99. The summed E-state index contributed by atoms with van der Waals surface area (Å²) in [4.78, 5) is 4.37. The third kappa shape index (κ3) is 3.98. The molecule has 2 aromatic rings. The number of nitrogens with zero attached hydrogens (tertiary/aromatic N) is 2. The van der Waals surface area contributed by atoms with Crippen LogP contribution < -0.4 is 5.32 Å². The summed E-state index contributed by atoms with van der Waals surface area (Å²) in [5.74, 6) is 0. The number of benzene rings is 1. The molecule has 0 bridgehead atoms. The average molecular weight is 245 g/mol. The fourth-order valence-electron chi connectivity index (χ4n) is 1.77. The summed E-state index contributed by atoms with van der Waals surface area (Å²) < 4.78 is 7.08. The summed E-state index contributed by atoms with van der Waals surface area (Å²) in [6.45, 7) is 3.23. The normalized spacial score (nSPS) is 10.7. The van der Waals surface area contributed by atoms with E-state index in [2.05, 4.69) is 45.3 Å². The molecule has 0 radical (unpaired) electrons. The molecule has 1 heterocycles. The summed E-state index contributed by atoms with van der Waals surface area (Å²) >= 11 is 0. The average Bonchev–Trinajstić information content (AvgIpc) is 2.84. The highest BCUT2D eigenvalue weighted by atomic mass is 16.5. The third-order valence-corrected chi connectivity index (χ3v) is 2.68. The molecule has 0 aliphatic heterocycles. The predicted octanol–water partition coefficient (Wildman–Crippen LogP) is 1.67. The number of methoxy groups -OCH3 is 1. The van der Waals surface area contributed by atoms with Gasteiger partial charge in [0.15, 0.2) is 0 Å². The Morgan fingerprint density at radius 2 is 2.11 bits per heavy atom. The van der Waals surface area contributed by atoms with Crippen LogP contribution in [-0.4, -0.2) is 29.8 Å². The topological polar surface area (TPSA) is 39.1 Å². The standard InChI is InChI=1S/C14H19N3O/c1-18-8-7-15-9-14-11-17(12-16-14)10-13-5-3-2-4-6-13/h2-6,11-12,15H,7-10H2,1H3. The van der Waals surface area contributed by atoms with Crippen LogP contribution in [0.15, 0.2) is 42.9 Å². The van der Waals surface area contributed by atoms with Crippen molar-refractivity contribution in [3.8, 4) is 0 Å². The van der Waals surface area contributed by atoms with Gasteiger partial charge in [-0.3, -0.25) is 0 Å². The number of nitrogens with one attached hydrogen (secondary N) is 1. The molecule has 1 aromatic heterocycles. The maximum atomic E-state index is 4.98. The highest BCUT2D eigenvalue weighted by Crippen LogP contribution is 2.03. The van der Waals surface area contributed by atoms with Gasteiger partial charge in [-0.1, -0.05) is 30.3 Å². The molecule has 0 saturated carbocycles. The van der Waals surface area contributed by atoms with Crippen LogP contribution in [0, 0.1) is 0 Å². The number of rotatable bonds is 7. The van der Waals surface area contributed by atoms with E-state index in [0.717, 1.165) is 31.9 Å². The first-order chi connectivity index (χ1) is 8.88. The van der Waals surface area contributed by atoms with Crippen LogP contribution in [-0.2, 0) is 17.8 Å². The fraction of sp³-hybridized carbons (Fsp3) is 0.357. The van der Waals surface area contributed by atoms with Crippen LogP contribution >= 0.6 is 0 Å². The molecule has 0 saturated heterocycles. The van der Waals surface area contributed by atoms with E-state index in [0.29, 0.717) is 0 Å². The minimum absolute atomic E-state index is 0.727. The number of hydrogen-bond donors (Lipinski definition) is 1. The van der Waals surface area contributed by atoms with Gasteiger partial charge in [0, 0.05) is 32.9 Å². The van der Waals surface area contributed by atoms with Gasteiger partial charge in [0.1, 0.15) is 0 Å². The van der Waals surface area contributed by atoms with Gasteiger partial charge in [-0.2, -0.15) is 0 Å². The van der Waals surface area contributed by atoms with Gasteiger partial charge < -0.3 is 14.6 Å². The number of aromatic nitrogens is 2. The van der Waals surface area contributed by atoms with E-state index in [1.54, 1.807) is 7.11 Å². The summed E-state index contributed by atoms with van der Waals surface area (Å²) in [5, 5.41) is 3.28. The van der Waals surface area contributed by atoms with Crippen molar-refractivity contribution in [2.45, 2.75) is 13.1 Å². The van der Waals surface area contributed by atoms with Gasteiger partial charge in [-0.15, -0.1) is 0 Å². The van der Waals surface area contributed by atoms with Crippen LogP contribution in [0.25, 0.3) is 0 Å². The first-order valence-electron chi connectivity index (χ1n) is 6.12. The number of hydrogen-bond acceptors (Lipinski definition) is 3. The van der Waals surface area contributed by atoms with Crippen molar-refractivity contribution < 1.29 is 4.74 Å². The van der Waals surface area contributed by atoms with E-state index in [9.17, 15) is 0 Å². The van der Waals surface area contributed by atoms with Gasteiger partial charge in [-0.25, -0.2) is 4.98 Å². The molecule has 0 atom stereocenters. The minimum Gasteiger partial charge on any atom is -0.383 e. The molecule has 1 N–H and O–H groups in total. The lowest BCUT2D eigenvalue weighted by Crippen LogP contribution is -2.18. The Kier molecular flexibility index (Phi) is 4.93. The quantitative estimate of drug-likeness (QED) is 0.754. The van der Waals surface area contributed by atoms with E-state index in [1.165, 1.54) is 5.56 Å². The molecule has 1 aromatic carbocycles.